The lowest BCUT2D eigenvalue weighted by Gasteiger charge is -2.15. The predicted octanol–water partition coefficient (Wildman–Crippen LogP) is 2.35. The number of rotatable bonds is 5. The maximum atomic E-state index is 12.1. The lowest BCUT2D eigenvalue weighted by molar-refractivity contribution is -0.123. The SMILES string of the molecule is CC(C)n1nccc1NC(=O)[C@H](C)OC(=O)c1cccc(O)c1. The number of hydrogen-bond donors (Lipinski definition) is 2. The number of nitrogens with zero attached hydrogens (tertiary/aromatic N) is 2. The number of aromatic hydroxyl groups is 1. The molecule has 1 heterocycles. The molecule has 0 radical (unpaired) electrons. The van der Waals surface area contributed by atoms with Crippen molar-refractivity contribution in [3.8, 4) is 5.75 Å². The second kappa shape index (κ2) is 6.95. The number of ether oxygens (including phenoxy) is 1. The molecule has 0 saturated heterocycles. The summed E-state index contributed by atoms with van der Waals surface area (Å²) in [6, 6.07) is 7.51. The van der Waals surface area contributed by atoms with Crippen molar-refractivity contribution < 1.29 is 19.4 Å². The molecule has 2 aromatic rings. The summed E-state index contributed by atoms with van der Waals surface area (Å²) in [4.78, 5) is 24.1. The lowest BCUT2D eigenvalue weighted by Crippen LogP contribution is -2.31. The van der Waals surface area contributed by atoms with Gasteiger partial charge in [0.1, 0.15) is 11.6 Å². The molecule has 0 spiro atoms. The van der Waals surface area contributed by atoms with Gasteiger partial charge >= 0.3 is 5.97 Å². The van der Waals surface area contributed by atoms with Gasteiger partial charge in [-0.15, -0.1) is 0 Å². The minimum Gasteiger partial charge on any atom is -0.508 e. The largest absolute Gasteiger partial charge is 0.508 e. The molecule has 0 bridgehead atoms. The maximum absolute atomic E-state index is 12.1. The van der Waals surface area contributed by atoms with E-state index in [1.807, 2.05) is 13.8 Å². The van der Waals surface area contributed by atoms with E-state index in [0.29, 0.717) is 5.82 Å². The van der Waals surface area contributed by atoms with E-state index < -0.39 is 18.0 Å². The Labute approximate surface area is 133 Å². The van der Waals surface area contributed by atoms with Crippen molar-refractivity contribution in [2.24, 2.45) is 0 Å². The van der Waals surface area contributed by atoms with Gasteiger partial charge in [0.05, 0.1) is 11.8 Å². The number of carbonyl (C=O) groups is 2. The molecule has 7 heteroatoms. The number of hydrogen-bond acceptors (Lipinski definition) is 5. The van der Waals surface area contributed by atoms with Crippen molar-refractivity contribution in [3.05, 3.63) is 42.1 Å². The van der Waals surface area contributed by atoms with E-state index >= 15 is 0 Å². The van der Waals surface area contributed by atoms with E-state index in [4.69, 9.17) is 4.74 Å². The molecule has 2 N–H and O–H groups in total. The van der Waals surface area contributed by atoms with Crippen LogP contribution in [-0.2, 0) is 9.53 Å². The molecular weight excluding hydrogens is 298 g/mol. The molecule has 1 atom stereocenters. The van der Waals surface area contributed by atoms with Crippen LogP contribution in [0.25, 0.3) is 0 Å². The van der Waals surface area contributed by atoms with Crippen LogP contribution in [-0.4, -0.2) is 32.9 Å². The molecule has 122 valence electrons. The average Bonchev–Trinajstić information content (AvgIpc) is 2.95. The Morgan fingerprint density at radius 2 is 2.00 bits per heavy atom. The van der Waals surface area contributed by atoms with Crippen molar-refractivity contribution in [1.82, 2.24) is 9.78 Å². The molecule has 0 aliphatic carbocycles. The van der Waals surface area contributed by atoms with E-state index in [-0.39, 0.29) is 17.4 Å². The number of anilines is 1. The summed E-state index contributed by atoms with van der Waals surface area (Å²) in [5, 5.41) is 16.1. The number of carbonyl (C=O) groups excluding carboxylic acids is 2. The number of amides is 1. The van der Waals surface area contributed by atoms with E-state index in [1.165, 1.54) is 31.2 Å². The number of phenolic OH excluding ortho intramolecular Hbond substituents is 1. The molecule has 0 saturated carbocycles. The minimum absolute atomic E-state index is 0.0441. The summed E-state index contributed by atoms with van der Waals surface area (Å²) in [6.07, 6.45) is 0.597. The normalized spacial score (nSPS) is 12.0. The van der Waals surface area contributed by atoms with E-state index in [0.717, 1.165) is 0 Å². The summed E-state index contributed by atoms with van der Waals surface area (Å²) in [7, 11) is 0. The molecular formula is C16H19N3O4. The maximum Gasteiger partial charge on any atom is 0.339 e. The Bertz CT molecular complexity index is 709. The van der Waals surface area contributed by atoms with Gasteiger partial charge in [0.2, 0.25) is 0 Å². The highest BCUT2D eigenvalue weighted by Crippen LogP contribution is 2.15. The van der Waals surface area contributed by atoms with Crippen LogP contribution in [0.15, 0.2) is 36.5 Å². The van der Waals surface area contributed by atoms with Crippen LogP contribution in [0.3, 0.4) is 0 Å². The highest BCUT2D eigenvalue weighted by Gasteiger charge is 2.20. The number of esters is 1. The Kier molecular flexibility index (Phi) is 5.00. The quantitative estimate of drug-likeness (QED) is 0.826. The lowest BCUT2D eigenvalue weighted by atomic mass is 10.2. The number of benzene rings is 1. The summed E-state index contributed by atoms with van der Waals surface area (Å²) >= 11 is 0. The second-order valence-corrected chi connectivity index (χ2v) is 5.34. The summed E-state index contributed by atoms with van der Waals surface area (Å²) in [6.45, 7) is 5.36. The van der Waals surface area contributed by atoms with Crippen LogP contribution in [0.5, 0.6) is 5.75 Å². The molecule has 1 aromatic carbocycles. The van der Waals surface area contributed by atoms with Crippen molar-refractivity contribution >= 4 is 17.7 Å². The molecule has 0 aliphatic rings. The molecule has 0 aliphatic heterocycles. The van der Waals surface area contributed by atoms with Crippen molar-refractivity contribution in [2.75, 3.05) is 5.32 Å². The third kappa shape index (κ3) is 4.09. The van der Waals surface area contributed by atoms with Crippen LogP contribution in [0.4, 0.5) is 5.82 Å². The number of phenols is 1. The van der Waals surface area contributed by atoms with Gasteiger partial charge in [-0.1, -0.05) is 6.07 Å². The zero-order chi connectivity index (χ0) is 17.0. The first-order valence-corrected chi connectivity index (χ1v) is 7.23. The first-order chi connectivity index (χ1) is 10.9. The smallest absolute Gasteiger partial charge is 0.339 e. The van der Waals surface area contributed by atoms with Crippen LogP contribution in [0.1, 0.15) is 37.2 Å². The van der Waals surface area contributed by atoms with Crippen LogP contribution in [0.2, 0.25) is 0 Å². The first kappa shape index (κ1) is 16.5. The van der Waals surface area contributed by atoms with Gasteiger partial charge in [0, 0.05) is 12.1 Å². The zero-order valence-electron chi connectivity index (χ0n) is 13.2. The molecule has 2 rings (SSSR count). The molecule has 23 heavy (non-hydrogen) atoms. The molecule has 7 nitrogen and oxygen atoms in total. The molecule has 0 fully saturated rings. The standard InChI is InChI=1S/C16H19N3O4/c1-10(2)19-14(7-8-17-19)18-15(21)11(3)23-16(22)12-5-4-6-13(20)9-12/h4-11,20H,1-3H3,(H,18,21)/t11-/m0/s1. The van der Waals surface area contributed by atoms with E-state index in [9.17, 15) is 14.7 Å². The first-order valence-electron chi connectivity index (χ1n) is 7.23. The number of nitrogens with one attached hydrogen (secondary N) is 1. The average molecular weight is 317 g/mol. The molecule has 1 aromatic heterocycles. The van der Waals surface area contributed by atoms with Gasteiger partial charge in [-0.25, -0.2) is 9.48 Å². The fourth-order valence-electron chi connectivity index (χ4n) is 1.97. The predicted molar refractivity (Wildman–Crippen MR) is 84.2 cm³/mol. The second-order valence-electron chi connectivity index (χ2n) is 5.34. The van der Waals surface area contributed by atoms with Crippen LogP contribution >= 0.6 is 0 Å². The summed E-state index contributed by atoms with van der Waals surface area (Å²) < 4.78 is 6.77. The van der Waals surface area contributed by atoms with Gasteiger partial charge in [0.25, 0.3) is 5.91 Å². The highest BCUT2D eigenvalue weighted by atomic mass is 16.5. The molecule has 0 unspecified atom stereocenters. The van der Waals surface area contributed by atoms with Crippen LogP contribution in [0, 0.1) is 0 Å². The van der Waals surface area contributed by atoms with Gasteiger partial charge in [0.15, 0.2) is 6.10 Å². The topological polar surface area (TPSA) is 93.5 Å². The summed E-state index contributed by atoms with van der Waals surface area (Å²) in [5.41, 5.74) is 0.178. The van der Waals surface area contributed by atoms with Gasteiger partial charge in [-0.3, -0.25) is 4.79 Å². The van der Waals surface area contributed by atoms with Crippen molar-refractivity contribution in [2.45, 2.75) is 32.9 Å². The highest BCUT2D eigenvalue weighted by molar-refractivity contribution is 5.97. The minimum atomic E-state index is -0.986. The Morgan fingerprint density at radius 1 is 1.26 bits per heavy atom. The Balaban J connectivity index is 2.00. The molecule has 1 amide bonds. The van der Waals surface area contributed by atoms with Gasteiger partial charge < -0.3 is 15.2 Å². The number of aromatic nitrogens is 2. The Hall–Kier alpha value is -2.83. The van der Waals surface area contributed by atoms with Gasteiger partial charge in [-0.2, -0.15) is 5.10 Å². The monoisotopic (exact) mass is 317 g/mol. The summed E-state index contributed by atoms with van der Waals surface area (Å²) in [5.74, 6) is -0.649. The third-order valence-electron chi connectivity index (χ3n) is 3.15. The zero-order valence-corrected chi connectivity index (χ0v) is 13.2. The van der Waals surface area contributed by atoms with E-state index in [2.05, 4.69) is 10.4 Å². The Morgan fingerprint density at radius 3 is 2.65 bits per heavy atom. The fraction of sp³-hybridized carbons (Fsp3) is 0.312. The van der Waals surface area contributed by atoms with Gasteiger partial charge in [-0.05, 0) is 39.0 Å². The third-order valence-corrected chi connectivity index (χ3v) is 3.15. The van der Waals surface area contributed by atoms with Crippen molar-refractivity contribution in [3.63, 3.8) is 0 Å². The van der Waals surface area contributed by atoms with E-state index in [1.54, 1.807) is 16.9 Å². The van der Waals surface area contributed by atoms with Crippen LogP contribution < -0.4 is 5.32 Å². The van der Waals surface area contributed by atoms with Crippen molar-refractivity contribution in [1.29, 1.82) is 0 Å². The fourth-order valence-corrected chi connectivity index (χ4v) is 1.97.